The number of ether oxygens (including phenoxy) is 1. The summed E-state index contributed by atoms with van der Waals surface area (Å²) in [6.45, 7) is 14.9. The molecule has 2 rings (SSSR count). The highest BCUT2D eigenvalue weighted by atomic mass is 17.2. The van der Waals surface area contributed by atoms with Gasteiger partial charge < -0.3 is 4.74 Å². The number of ketones is 1. The van der Waals surface area contributed by atoms with E-state index in [1.807, 2.05) is 60.6 Å². The molecule has 0 aromatic heterocycles. The van der Waals surface area contributed by atoms with Crippen molar-refractivity contribution in [2.75, 3.05) is 6.61 Å². The van der Waals surface area contributed by atoms with E-state index in [2.05, 4.69) is 0 Å². The fraction of sp³-hybridized carbons (Fsp3) is 0.737. The lowest BCUT2D eigenvalue weighted by Crippen LogP contribution is -2.37. The highest BCUT2D eigenvalue weighted by Crippen LogP contribution is 2.41. The highest BCUT2D eigenvalue weighted by Gasteiger charge is 2.40. The fourth-order valence-electron chi connectivity index (χ4n) is 2.83. The van der Waals surface area contributed by atoms with E-state index in [9.17, 15) is 4.79 Å². The third kappa shape index (κ3) is 4.31. The van der Waals surface area contributed by atoms with E-state index in [-0.39, 0.29) is 22.9 Å². The molecular weight excluding hydrogens is 292 g/mol. The van der Waals surface area contributed by atoms with Crippen LogP contribution in [0.3, 0.4) is 0 Å². The number of rotatable bonds is 3. The van der Waals surface area contributed by atoms with Gasteiger partial charge >= 0.3 is 0 Å². The molecule has 4 nitrogen and oxygen atoms in total. The SMILES string of the molecule is CC1(OOC2CCCO2)C=C(C(C)(C)C)C(=O)C(C(C)(C)C)=C1. The van der Waals surface area contributed by atoms with E-state index in [1.54, 1.807) is 0 Å². The van der Waals surface area contributed by atoms with Crippen molar-refractivity contribution in [3.63, 3.8) is 0 Å². The van der Waals surface area contributed by atoms with Crippen molar-refractivity contribution in [2.45, 2.75) is 73.2 Å². The van der Waals surface area contributed by atoms with Gasteiger partial charge in [-0.25, -0.2) is 9.78 Å². The second kappa shape index (κ2) is 6.15. The Hall–Kier alpha value is -0.970. The Kier molecular flexibility index (Phi) is 4.91. The highest BCUT2D eigenvalue weighted by molar-refractivity contribution is 6.11. The van der Waals surface area contributed by atoms with E-state index in [0.29, 0.717) is 6.61 Å². The van der Waals surface area contributed by atoms with Crippen LogP contribution >= 0.6 is 0 Å². The van der Waals surface area contributed by atoms with Gasteiger partial charge in [0.25, 0.3) is 0 Å². The van der Waals surface area contributed by atoms with Gasteiger partial charge in [-0.2, -0.15) is 0 Å². The number of carbonyl (C=O) groups excluding carboxylic acids is 1. The normalized spacial score (nSPS) is 25.3. The molecule has 0 saturated carbocycles. The van der Waals surface area contributed by atoms with Crippen LogP contribution in [0.2, 0.25) is 0 Å². The first-order chi connectivity index (χ1) is 10.4. The van der Waals surface area contributed by atoms with Gasteiger partial charge in [-0.3, -0.25) is 4.79 Å². The third-order valence-electron chi connectivity index (χ3n) is 4.19. The van der Waals surface area contributed by atoms with E-state index >= 15 is 0 Å². The molecular formula is C19H30O4. The summed E-state index contributed by atoms with van der Waals surface area (Å²) >= 11 is 0. The second-order valence-corrected chi connectivity index (χ2v) is 8.75. The number of allylic oxidation sites excluding steroid dienone is 2. The van der Waals surface area contributed by atoms with Gasteiger partial charge in [-0.05, 0) is 36.3 Å². The van der Waals surface area contributed by atoms with Crippen molar-refractivity contribution in [3.8, 4) is 0 Å². The molecule has 0 bridgehead atoms. The number of Topliss-reactive ketones (excluding diaryl/α,β-unsaturated/α-hetero) is 1. The minimum atomic E-state index is -0.773. The smallest absolute Gasteiger partial charge is 0.191 e. The summed E-state index contributed by atoms with van der Waals surface area (Å²) in [7, 11) is 0. The van der Waals surface area contributed by atoms with Gasteiger partial charge in [0.15, 0.2) is 12.1 Å². The first-order valence-corrected chi connectivity index (χ1v) is 8.40. The monoisotopic (exact) mass is 322 g/mol. The predicted molar refractivity (Wildman–Crippen MR) is 89.6 cm³/mol. The van der Waals surface area contributed by atoms with Crippen molar-refractivity contribution < 1.29 is 19.3 Å². The number of carbonyl (C=O) groups is 1. The zero-order chi connectivity index (χ0) is 17.5. The maximum Gasteiger partial charge on any atom is 0.191 e. The first kappa shape index (κ1) is 18.4. The summed E-state index contributed by atoms with van der Waals surface area (Å²) in [5, 5.41) is 0. The Morgan fingerprint density at radius 3 is 2.00 bits per heavy atom. The topological polar surface area (TPSA) is 44.8 Å². The summed E-state index contributed by atoms with van der Waals surface area (Å²) in [6.07, 6.45) is 5.28. The summed E-state index contributed by atoms with van der Waals surface area (Å²) in [5.41, 5.74) is 0.254. The van der Waals surface area contributed by atoms with Crippen molar-refractivity contribution in [1.82, 2.24) is 0 Å². The Bertz CT molecular complexity index is 489. The Labute approximate surface area is 139 Å². The minimum absolute atomic E-state index is 0.100. The molecule has 2 aliphatic rings. The zero-order valence-corrected chi connectivity index (χ0v) is 15.5. The molecule has 0 aromatic carbocycles. The van der Waals surface area contributed by atoms with Crippen LogP contribution in [-0.4, -0.2) is 24.3 Å². The molecule has 1 aliphatic carbocycles. The van der Waals surface area contributed by atoms with Crippen molar-refractivity contribution in [1.29, 1.82) is 0 Å². The van der Waals surface area contributed by atoms with Crippen LogP contribution in [0.25, 0.3) is 0 Å². The van der Waals surface area contributed by atoms with Gasteiger partial charge in [-0.1, -0.05) is 41.5 Å². The molecule has 4 heteroatoms. The molecule has 23 heavy (non-hydrogen) atoms. The zero-order valence-electron chi connectivity index (χ0n) is 15.5. The van der Waals surface area contributed by atoms with Crippen LogP contribution < -0.4 is 0 Å². The van der Waals surface area contributed by atoms with E-state index in [0.717, 1.165) is 24.0 Å². The molecule has 1 atom stereocenters. The summed E-state index contributed by atoms with van der Waals surface area (Å²) < 4.78 is 5.44. The van der Waals surface area contributed by atoms with Gasteiger partial charge in [0.2, 0.25) is 0 Å². The summed E-state index contributed by atoms with van der Waals surface area (Å²) in [6, 6.07) is 0. The lowest BCUT2D eigenvalue weighted by atomic mass is 9.70. The van der Waals surface area contributed by atoms with Crippen LogP contribution in [0.15, 0.2) is 23.3 Å². The third-order valence-corrected chi connectivity index (χ3v) is 4.19. The maximum absolute atomic E-state index is 12.9. The quantitative estimate of drug-likeness (QED) is 0.572. The van der Waals surface area contributed by atoms with Crippen molar-refractivity contribution in [2.24, 2.45) is 10.8 Å². The lowest BCUT2D eigenvalue weighted by Gasteiger charge is -2.36. The average Bonchev–Trinajstić information content (AvgIpc) is 2.90. The van der Waals surface area contributed by atoms with E-state index < -0.39 is 5.60 Å². The molecule has 1 unspecified atom stereocenters. The van der Waals surface area contributed by atoms with E-state index in [4.69, 9.17) is 14.5 Å². The molecule has 0 N–H and O–H groups in total. The number of hydrogen-bond acceptors (Lipinski definition) is 4. The molecule has 0 amide bonds. The molecule has 130 valence electrons. The maximum atomic E-state index is 12.9. The Balaban J connectivity index is 2.31. The van der Waals surface area contributed by atoms with Crippen LogP contribution in [0.4, 0.5) is 0 Å². The van der Waals surface area contributed by atoms with Crippen LogP contribution in [0.1, 0.15) is 61.3 Å². The van der Waals surface area contributed by atoms with Gasteiger partial charge in [0, 0.05) is 17.6 Å². The first-order valence-electron chi connectivity index (χ1n) is 8.40. The Morgan fingerprint density at radius 1 is 1.09 bits per heavy atom. The van der Waals surface area contributed by atoms with Crippen molar-refractivity contribution in [3.05, 3.63) is 23.3 Å². The molecule has 0 aromatic rings. The molecule has 1 heterocycles. The molecule has 1 fully saturated rings. The summed E-state index contributed by atoms with van der Waals surface area (Å²) in [4.78, 5) is 24.1. The molecule has 1 saturated heterocycles. The number of hydrogen-bond donors (Lipinski definition) is 0. The molecule has 0 radical (unpaired) electrons. The van der Waals surface area contributed by atoms with Crippen LogP contribution in [-0.2, 0) is 19.3 Å². The Morgan fingerprint density at radius 2 is 1.61 bits per heavy atom. The largest absolute Gasteiger partial charge is 0.350 e. The lowest BCUT2D eigenvalue weighted by molar-refractivity contribution is -0.397. The van der Waals surface area contributed by atoms with Gasteiger partial charge in [0.05, 0.1) is 6.61 Å². The van der Waals surface area contributed by atoms with Crippen LogP contribution in [0.5, 0.6) is 0 Å². The fourth-order valence-corrected chi connectivity index (χ4v) is 2.83. The second-order valence-electron chi connectivity index (χ2n) is 8.75. The summed E-state index contributed by atoms with van der Waals surface area (Å²) in [5.74, 6) is 0.100. The van der Waals surface area contributed by atoms with Crippen LogP contribution in [0, 0.1) is 10.8 Å². The van der Waals surface area contributed by atoms with Crippen molar-refractivity contribution >= 4 is 5.78 Å². The molecule has 0 spiro atoms. The standard InChI is InChI=1S/C19H30O4/c1-17(2,3)13-11-19(7,23-22-15-9-8-10-21-15)12-14(16(13)20)18(4,5)6/h11-12,15H,8-10H2,1-7H3. The van der Waals surface area contributed by atoms with Gasteiger partial charge in [0.1, 0.15) is 5.60 Å². The molecule has 1 aliphatic heterocycles. The predicted octanol–water partition coefficient (Wildman–Crippen LogP) is 4.36. The van der Waals surface area contributed by atoms with Gasteiger partial charge in [-0.15, -0.1) is 0 Å². The average molecular weight is 322 g/mol. The minimum Gasteiger partial charge on any atom is -0.350 e. The van der Waals surface area contributed by atoms with E-state index in [1.165, 1.54) is 0 Å².